The monoisotopic (exact) mass is 488 g/mol. The van der Waals surface area contributed by atoms with Crippen molar-refractivity contribution in [3.8, 4) is 0 Å². The Morgan fingerprint density at radius 2 is 1.76 bits per heavy atom. The molecule has 0 bridgehead atoms. The Hall–Kier alpha value is -3.46. The average molecular weight is 489 g/mol. The Morgan fingerprint density at radius 3 is 2.35 bits per heavy atom. The van der Waals surface area contributed by atoms with Crippen LogP contribution in [0.25, 0.3) is 0 Å². The molecule has 2 atom stereocenters. The summed E-state index contributed by atoms with van der Waals surface area (Å²) in [5.41, 5.74) is 1.22. The molecule has 2 aromatic carbocycles. The van der Waals surface area contributed by atoms with E-state index in [1.54, 1.807) is 32.0 Å². The third-order valence-corrected chi connectivity index (χ3v) is 5.68. The number of nitro groups is 1. The highest BCUT2D eigenvalue weighted by Gasteiger charge is 2.26. The van der Waals surface area contributed by atoms with Crippen LogP contribution in [0.4, 0.5) is 11.4 Å². The first-order valence-electron chi connectivity index (χ1n) is 11.0. The van der Waals surface area contributed by atoms with Crippen molar-refractivity contribution < 1.29 is 19.3 Å². The average Bonchev–Trinajstić information content (AvgIpc) is 2.80. The van der Waals surface area contributed by atoms with Gasteiger partial charge in [0.15, 0.2) is 0 Å². The first-order valence-corrected chi connectivity index (χ1v) is 11.3. The van der Waals surface area contributed by atoms with Gasteiger partial charge in [0.25, 0.3) is 11.6 Å². The SMILES string of the molecule is CCC(C)C(=O)Nc1cccc(CNC(=O)C(NC(=O)c2ccc([N+](=O)[O-])cc2Cl)C(C)C)c1. The van der Waals surface area contributed by atoms with Gasteiger partial charge >= 0.3 is 0 Å². The minimum atomic E-state index is -0.855. The van der Waals surface area contributed by atoms with E-state index >= 15 is 0 Å². The van der Waals surface area contributed by atoms with E-state index in [1.807, 2.05) is 19.9 Å². The molecule has 0 saturated carbocycles. The highest BCUT2D eigenvalue weighted by atomic mass is 35.5. The smallest absolute Gasteiger partial charge is 0.270 e. The first-order chi connectivity index (χ1) is 16.0. The lowest BCUT2D eigenvalue weighted by Crippen LogP contribution is -2.49. The summed E-state index contributed by atoms with van der Waals surface area (Å²) >= 11 is 6.04. The molecule has 2 unspecified atom stereocenters. The quantitative estimate of drug-likeness (QED) is 0.339. The summed E-state index contributed by atoms with van der Waals surface area (Å²) in [5.74, 6) is -1.42. The predicted octanol–water partition coefficient (Wildman–Crippen LogP) is 4.30. The van der Waals surface area contributed by atoms with Gasteiger partial charge in [0, 0.05) is 30.3 Å². The number of carbonyl (C=O) groups is 3. The summed E-state index contributed by atoms with van der Waals surface area (Å²) in [4.78, 5) is 47.9. The number of amides is 3. The fourth-order valence-electron chi connectivity index (χ4n) is 3.06. The second kappa shape index (κ2) is 12.1. The molecule has 9 nitrogen and oxygen atoms in total. The van der Waals surface area contributed by atoms with Crippen LogP contribution in [0.2, 0.25) is 5.02 Å². The number of benzene rings is 2. The van der Waals surface area contributed by atoms with Crippen LogP contribution < -0.4 is 16.0 Å². The summed E-state index contributed by atoms with van der Waals surface area (Å²) in [5, 5.41) is 19.1. The van der Waals surface area contributed by atoms with Gasteiger partial charge in [-0.15, -0.1) is 0 Å². The van der Waals surface area contributed by atoms with Crippen molar-refractivity contribution in [1.82, 2.24) is 10.6 Å². The molecule has 0 radical (unpaired) electrons. The molecule has 182 valence electrons. The highest BCUT2D eigenvalue weighted by Crippen LogP contribution is 2.23. The number of halogens is 1. The molecule has 0 aliphatic rings. The van der Waals surface area contributed by atoms with E-state index in [1.165, 1.54) is 12.1 Å². The molecule has 0 spiro atoms. The van der Waals surface area contributed by atoms with Gasteiger partial charge in [-0.25, -0.2) is 0 Å². The number of anilines is 1. The molecule has 0 saturated heterocycles. The maximum atomic E-state index is 12.8. The zero-order chi connectivity index (χ0) is 25.4. The topological polar surface area (TPSA) is 130 Å². The highest BCUT2D eigenvalue weighted by molar-refractivity contribution is 6.34. The summed E-state index contributed by atoms with van der Waals surface area (Å²) in [6.07, 6.45) is 0.731. The van der Waals surface area contributed by atoms with Gasteiger partial charge < -0.3 is 16.0 Å². The molecule has 3 N–H and O–H groups in total. The van der Waals surface area contributed by atoms with Crippen molar-refractivity contribution in [3.05, 3.63) is 68.7 Å². The molecule has 0 aliphatic carbocycles. The molecular weight excluding hydrogens is 460 g/mol. The van der Waals surface area contributed by atoms with E-state index < -0.39 is 22.8 Å². The van der Waals surface area contributed by atoms with Crippen LogP contribution in [0, 0.1) is 22.0 Å². The van der Waals surface area contributed by atoms with Crippen molar-refractivity contribution in [2.45, 2.75) is 46.7 Å². The van der Waals surface area contributed by atoms with Gasteiger partial charge in [-0.2, -0.15) is 0 Å². The van der Waals surface area contributed by atoms with E-state index in [0.717, 1.165) is 18.1 Å². The molecule has 34 heavy (non-hydrogen) atoms. The molecule has 0 fully saturated rings. The maximum Gasteiger partial charge on any atom is 0.270 e. The molecule has 2 aromatic rings. The van der Waals surface area contributed by atoms with Gasteiger partial charge in [-0.3, -0.25) is 24.5 Å². The lowest BCUT2D eigenvalue weighted by molar-refractivity contribution is -0.384. The first kappa shape index (κ1) is 26.8. The number of rotatable bonds is 10. The number of nitro benzene ring substituents is 1. The Morgan fingerprint density at radius 1 is 1.06 bits per heavy atom. The third kappa shape index (κ3) is 7.28. The minimum Gasteiger partial charge on any atom is -0.350 e. The zero-order valence-electron chi connectivity index (χ0n) is 19.6. The van der Waals surface area contributed by atoms with Crippen molar-refractivity contribution in [3.63, 3.8) is 0 Å². The summed E-state index contributed by atoms with van der Waals surface area (Å²) in [6, 6.07) is 9.82. The molecular formula is C24H29ClN4O5. The number of carbonyl (C=O) groups excluding carboxylic acids is 3. The second-order valence-corrected chi connectivity index (χ2v) is 8.74. The van der Waals surface area contributed by atoms with Crippen LogP contribution in [0.5, 0.6) is 0 Å². The number of hydrogen-bond acceptors (Lipinski definition) is 5. The Kier molecular flexibility index (Phi) is 9.56. The van der Waals surface area contributed by atoms with Crippen molar-refractivity contribution in [1.29, 1.82) is 0 Å². The third-order valence-electron chi connectivity index (χ3n) is 5.37. The van der Waals surface area contributed by atoms with Gasteiger partial charge in [0.1, 0.15) is 6.04 Å². The van der Waals surface area contributed by atoms with E-state index in [0.29, 0.717) is 5.69 Å². The normalized spacial score (nSPS) is 12.5. The number of hydrogen-bond donors (Lipinski definition) is 3. The Bertz CT molecular complexity index is 1070. The largest absolute Gasteiger partial charge is 0.350 e. The van der Waals surface area contributed by atoms with Crippen LogP contribution >= 0.6 is 11.6 Å². The fraction of sp³-hybridized carbons (Fsp3) is 0.375. The lowest BCUT2D eigenvalue weighted by Gasteiger charge is -2.22. The summed E-state index contributed by atoms with van der Waals surface area (Å²) < 4.78 is 0. The lowest BCUT2D eigenvalue weighted by atomic mass is 10.0. The number of non-ortho nitro benzene ring substituents is 1. The van der Waals surface area contributed by atoms with Crippen LogP contribution in [0.3, 0.4) is 0 Å². The Labute approximate surface area is 203 Å². The summed E-state index contributed by atoms with van der Waals surface area (Å²) in [7, 11) is 0. The molecule has 0 aromatic heterocycles. The van der Waals surface area contributed by atoms with Crippen molar-refractivity contribution >= 4 is 40.7 Å². The van der Waals surface area contributed by atoms with E-state index in [4.69, 9.17) is 11.6 Å². The molecule has 0 heterocycles. The van der Waals surface area contributed by atoms with Crippen LogP contribution in [-0.4, -0.2) is 28.7 Å². The Balaban J connectivity index is 2.04. The summed E-state index contributed by atoms with van der Waals surface area (Å²) in [6.45, 7) is 7.56. The number of nitrogens with zero attached hydrogens (tertiary/aromatic N) is 1. The van der Waals surface area contributed by atoms with Gasteiger partial charge in [-0.05, 0) is 36.1 Å². The van der Waals surface area contributed by atoms with E-state index in [9.17, 15) is 24.5 Å². The van der Waals surface area contributed by atoms with Crippen LogP contribution in [0.15, 0.2) is 42.5 Å². The van der Waals surface area contributed by atoms with Crippen LogP contribution in [-0.2, 0) is 16.1 Å². The molecule has 10 heteroatoms. The van der Waals surface area contributed by atoms with Gasteiger partial charge in [0.2, 0.25) is 11.8 Å². The zero-order valence-corrected chi connectivity index (χ0v) is 20.3. The van der Waals surface area contributed by atoms with E-state index in [-0.39, 0.29) is 40.6 Å². The van der Waals surface area contributed by atoms with Crippen LogP contribution in [0.1, 0.15) is 50.0 Å². The maximum absolute atomic E-state index is 12.8. The van der Waals surface area contributed by atoms with Crippen molar-refractivity contribution in [2.75, 3.05) is 5.32 Å². The van der Waals surface area contributed by atoms with Gasteiger partial charge in [-0.1, -0.05) is 51.4 Å². The van der Waals surface area contributed by atoms with Crippen molar-refractivity contribution in [2.24, 2.45) is 11.8 Å². The number of nitrogens with one attached hydrogen (secondary N) is 3. The molecule has 3 amide bonds. The molecule has 0 aliphatic heterocycles. The van der Waals surface area contributed by atoms with E-state index in [2.05, 4.69) is 16.0 Å². The minimum absolute atomic E-state index is 0.0375. The standard InChI is InChI=1S/C24H29ClN4O5/c1-5-15(4)22(30)27-17-8-6-7-16(11-17)13-26-24(32)21(14(2)3)28-23(31)19-10-9-18(29(33)34)12-20(19)25/h6-12,14-15,21H,5,13H2,1-4H3,(H,26,32)(H,27,30)(H,28,31). The predicted molar refractivity (Wildman–Crippen MR) is 131 cm³/mol. The fourth-order valence-corrected chi connectivity index (χ4v) is 3.33. The molecule has 2 rings (SSSR count). The van der Waals surface area contributed by atoms with Gasteiger partial charge in [0.05, 0.1) is 15.5 Å². The second-order valence-electron chi connectivity index (χ2n) is 8.33.